The minimum atomic E-state index is -4.73. The van der Waals surface area contributed by atoms with E-state index in [0.717, 1.165) is 6.20 Å². The number of aromatic nitrogens is 1. The molecule has 0 radical (unpaired) electrons. The van der Waals surface area contributed by atoms with E-state index in [1.807, 2.05) is 0 Å². The van der Waals surface area contributed by atoms with Crippen LogP contribution in [0.4, 0.5) is 13.2 Å². The second-order valence-electron chi connectivity index (χ2n) is 4.42. The van der Waals surface area contributed by atoms with E-state index >= 15 is 0 Å². The molecule has 0 aliphatic carbocycles. The molecule has 0 aliphatic rings. The smallest absolute Gasteiger partial charge is 0.348 e. The van der Waals surface area contributed by atoms with Crippen molar-refractivity contribution in [2.45, 2.75) is 12.7 Å². The molecule has 0 unspecified atom stereocenters. The third-order valence-electron chi connectivity index (χ3n) is 2.91. The number of pyridine rings is 1. The number of hydrogen-bond donors (Lipinski definition) is 1. The topological polar surface area (TPSA) is 42.0 Å². The number of alkyl halides is 3. The summed E-state index contributed by atoms with van der Waals surface area (Å²) in [5, 5.41) is 2.28. The third kappa shape index (κ3) is 4.07. The first-order valence-corrected chi connectivity index (χ1v) is 7.28. The van der Waals surface area contributed by atoms with Crippen LogP contribution >= 0.6 is 34.8 Å². The largest absolute Gasteiger partial charge is 0.417 e. The Morgan fingerprint density at radius 2 is 1.87 bits per heavy atom. The van der Waals surface area contributed by atoms with E-state index in [0.29, 0.717) is 11.6 Å². The molecular weight excluding hydrogens is 376 g/mol. The van der Waals surface area contributed by atoms with Crippen LogP contribution < -0.4 is 5.32 Å². The van der Waals surface area contributed by atoms with Crippen LogP contribution in [0.1, 0.15) is 21.5 Å². The summed E-state index contributed by atoms with van der Waals surface area (Å²) in [6, 6.07) is 5.43. The normalized spacial score (nSPS) is 11.4. The van der Waals surface area contributed by atoms with Gasteiger partial charge in [0.25, 0.3) is 5.91 Å². The van der Waals surface area contributed by atoms with Crippen LogP contribution in [0.25, 0.3) is 0 Å². The van der Waals surface area contributed by atoms with Gasteiger partial charge in [-0.3, -0.25) is 4.79 Å². The molecule has 1 heterocycles. The molecule has 0 aliphatic heterocycles. The van der Waals surface area contributed by atoms with Crippen molar-refractivity contribution >= 4 is 40.7 Å². The number of nitrogens with zero attached hydrogens (tertiary/aromatic N) is 1. The van der Waals surface area contributed by atoms with Gasteiger partial charge in [-0.1, -0.05) is 46.9 Å². The molecule has 3 nitrogen and oxygen atoms in total. The second-order valence-corrected chi connectivity index (χ2v) is 5.56. The number of carbonyl (C=O) groups is 1. The average molecular weight is 384 g/mol. The van der Waals surface area contributed by atoms with Crippen molar-refractivity contribution in [2.75, 3.05) is 0 Å². The molecule has 0 saturated carbocycles. The van der Waals surface area contributed by atoms with E-state index < -0.39 is 28.4 Å². The lowest BCUT2D eigenvalue weighted by Crippen LogP contribution is -2.26. The first-order chi connectivity index (χ1) is 10.7. The van der Waals surface area contributed by atoms with E-state index in [1.165, 1.54) is 0 Å². The van der Waals surface area contributed by atoms with Gasteiger partial charge in [-0.25, -0.2) is 4.98 Å². The zero-order chi connectivity index (χ0) is 17.2. The van der Waals surface area contributed by atoms with Crippen molar-refractivity contribution in [3.8, 4) is 0 Å². The molecule has 0 bridgehead atoms. The number of nitrogens with one attached hydrogen (secondary N) is 1. The zero-order valence-electron chi connectivity index (χ0n) is 11.2. The fraction of sp³-hybridized carbons (Fsp3) is 0.143. The Bertz CT molecular complexity index is 751. The lowest BCUT2D eigenvalue weighted by molar-refractivity contribution is -0.138. The Morgan fingerprint density at radius 1 is 1.17 bits per heavy atom. The molecular formula is C14H8Cl3F3N2O. The highest BCUT2D eigenvalue weighted by Gasteiger charge is 2.36. The number of carbonyl (C=O) groups excluding carboxylic acids is 1. The lowest BCUT2D eigenvalue weighted by atomic mass is 10.1. The molecule has 0 spiro atoms. The second kappa shape index (κ2) is 6.95. The van der Waals surface area contributed by atoms with Crippen LogP contribution in [-0.2, 0) is 12.7 Å². The molecule has 2 aromatic rings. The fourth-order valence-electron chi connectivity index (χ4n) is 1.84. The number of amides is 1. The fourth-order valence-corrected chi connectivity index (χ4v) is 2.47. The van der Waals surface area contributed by atoms with Crippen molar-refractivity contribution in [1.29, 1.82) is 0 Å². The predicted molar refractivity (Wildman–Crippen MR) is 81.9 cm³/mol. The highest BCUT2D eigenvalue weighted by Crippen LogP contribution is 2.34. The van der Waals surface area contributed by atoms with E-state index in [1.54, 1.807) is 18.2 Å². The highest BCUT2D eigenvalue weighted by atomic mass is 35.5. The molecule has 1 aromatic heterocycles. The molecule has 1 aromatic carbocycles. The monoisotopic (exact) mass is 382 g/mol. The van der Waals surface area contributed by atoms with E-state index in [9.17, 15) is 18.0 Å². The molecule has 122 valence electrons. The van der Waals surface area contributed by atoms with E-state index in [-0.39, 0.29) is 16.6 Å². The first kappa shape index (κ1) is 17.8. The van der Waals surface area contributed by atoms with Gasteiger partial charge >= 0.3 is 6.18 Å². The summed E-state index contributed by atoms with van der Waals surface area (Å²) in [5.41, 5.74) is -1.44. The van der Waals surface area contributed by atoms with Crippen molar-refractivity contribution in [3.63, 3.8) is 0 Å². The van der Waals surface area contributed by atoms with Gasteiger partial charge in [0, 0.05) is 12.7 Å². The maximum atomic E-state index is 13.0. The summed E-state index contributed by atoms with van der Waals surface area (Å²) < 4.78 is 38.9. The maximum Gasteiger partial charge on any atom is 0.417 e. The third-order valence-corrected chi connectivity index (χ3v) is 4.05. The molecule has 23 heavy (non-hydrogen) atoms. The lowest BCUT2D eigenvalue weighted by Gasteiger charge is -2.14. The van der Waals surface area contributed by atoms with E-state index in [4.69, 9.17) is 34.8 Å². The van der Waals surface area contributed by atoms with Gasteiger partial charge in [-0.05, 0) is 17.7 Å². The number of rotatable bonds is 3. The quantitative estimate of drug-likeness (QED) is 0.759. The van der Waals surface area contributed by atoms with Crippen LogP contribution in [0.3, 0.4) is 0 Å². The zero-order valence-corrected chi connectivity index (χ0v) is 13.5. The van der Waals surface area contributed by atoms with Gasteiger partial charge in [0.1, 0.15) is 5.15 Å². The van der Waals surface area contributed by atoms with Crippen LogP contribution in [0.5, 0.6) is 0 Å². The van der Waals surface area contributed by atoms with Gasteiger partial charge in [-0.2, -0.15) is 13.2 Å². The Hall–Kier alpha value is -1.50. The molecule has 0 saturated heterocycles. The molecule has 9 heteroatoms. The summed E-state index contributed by atoms with van der Waals surface area (Å²) >= 11 is 17.4. The van der Waals surface area contributed by atoms with Crippen LogP contribution in [0.2, 0.25) is 15.2 Å². The molecule has 0 atom stereocenters. The Morgan fingerprint density at radius 3 is 2.52 bits per heavy atom. The molecule has 1 N–H and O–H groups in total. The number of hydrogen-bond acceptors (Lipinski definition) is 2. The summed E-state index contributed by atoms with van der Waals surface area (Å²) in [6.07, 6.45) is -3.84. The number of halogens is 6. The maximum absolute atomic E-state index is 13.0. The van der Waals surface area contributed by atoms with Gasteiger partial charge < -0.3 is 5.32 Å². The molecule has 1 amide bonds. The van der Waals surface area contributed by atoms with Crippen molar-refractivity contribution in [3.05, 3.63) is 62.4 Å². The average Bonchev–Trinajstić information content (AvgIpc) is 2.47. The summed E-state index contributed by atoms with van der Waals surface area (Å²) in [7, 11) is 0. The standard InChI is InChI=1S/C14H8Cl3F3N2O/c15-9-3-1-2-7(11(9)16)6-22-13(23)10-8(14(18,19)20)4-5-21-12(10)17/h1-5H,6H2,(H,22,23). The Kier molecular flexibility index (Phi) is 5.39. The Labute approximate surface area is 144 Å². The predicted octanol–water partition coefficient (Wildman–Crippen LogP) is 4.99. The SMILES string of the molecule is O=C(NCc1cccc(Cl)c1Cl)c1c(C(F)(F)F)ccnc1Cl. The van der Waals surface area contributed by atoms with Crippen LogP contribution in [0.15, 0.2) is 30.5 Å². The summed E-state index contributed by atoms with van der Waals surface area (Å²) in [6.45, 7) is -0.110. The number of benzene rings is 1. The van der Waals surface area contributed by atoms with Crippen molar-refractivity contribution < 1.29 is 18.0 Å². The van der Waals surface area contributed by atoms with Gasteiger partial charge in [0.05, 0.1) is 21.2 Å². The highest BCUT2D eigenvalue weighted by molar-refractivity contribution is 6.42. The molecule has 0 fully saturated rings. The minimum absolute atomic E-state index is 0.110. The van der Waals surface area contributed by atoms with Gasteiger partial charge in [-0.15, -0.1) is 0 Å². The minimum Gasteiger partial charge on any atom is -0.348 e. The van der Waals surface area contributed by atoms with Crippen LogP contribution in [0, 0.1) is 0 Å². The van der Waals surface area contributed by atoms with Gasteiger partial charge in [0.15, 0.2) is 0 Å². The van der Waals surface area contributed by atoms with E-state index in [2.05, 4.69) is 10.3 Å². The molecule has 2 rings (SSSR count). The van der Waals surface area contributed by atoms with Crippen molar-refractivity contribution in [1.82, 2.24) is 10.3 Å². The summed E-state index contributed by atoms with van der Waals surface area (Å²) in [5.74, 6) is -1.01. The Balaban J connectivity index is 2.27. The van der Waals surface area contributed by atoms with Gasteiger partial charge in [0.2, 0.25) is 0 Å². The summed E-state index contributed by atoms with van der Waals surface area (Å²) in [4.78, 5) is 15.6. The first-order valence-electron chi connectivity index (χ1n) is 6.14. The van der Waals surface area contributed by atoms with Crippen molar-refractivity contribution in [2.24, 2.45) is 0 Å². The van der Waals surface area contributed by atoms with Crippen LogP contribution in [-0.4, -0.2) is 10.9 Å².